The number of allylic oxidation sites excluding steroid dienone is 3. The fourth-order valence-corrected chi connectivity index (χ4v) is 2.13. The molecule has 0 aromatic heterocycles. The monoisotopic (exact) mass is 235 g/mol. The molecule has 0 bridgehead atoms. The Labute approximate surface area is 101 Å². The van der Waals surface area contributed by atoms with Crippen molar-refractivity contribution in [2.45, 2.75) is 12.8 Å². The van der Waals surface area contributed by atoms with Gasteiger partial charge in [-0.1, -0.05) is 0 Å². The molecule has 0 unspecified atom stereocenters. The molecule has 0 radical (unpaired) electrons. The normalized spacial score (nSPS) is 25.9. The highest BCUT2D eigenvalue weighted by Crippen LogP contribution is 2.21. The molecule has 0 aromatic carbocycles. The first-order chi connectivity index (χ1) is 8.02. The summed E-state index contributed by atoms with van der Waals surface area (Å²) in [6, 6.07) is -0.278. The van der Waals surface area contributed by atoms with Crippen molar-refractivity contribution in [3.63, 3.8) is 0 Å². The largest absolute Gasteiger partial charge is 0.378 e. The number of urea groups is 1. The lowest BCUT2D eigenvalue weighted by Gasteiger charge is -2.11. The summed E-state index contributed by atoms with van der Waals surface area (Å²) in [5.41, 5.74) is 1.64. The van der Waals surface area contributed by atoms with Crippen LogP contribution >= 0.6 is 0 Å². The summed E-state index contributed by atoms with van der Waals surface area (Å²) in [7, 11) is 5.15. The summed E-state index contributed by atoms with van der Waals surface area (Å²) in [6.45, 7) is 1.05. The molecule has 0 spiro atoms. The van der Waals surface area contributed by atoms with Crippen LogP contribution in [-0.4, -0.2) is 54.3 Å². The number of nitrogens with zero attached hydrogens (tertiary/aromatic N) is 3. The van der Waals surface area contributed by atoms with Gasteiger partial charge in [0, 0.05) is 33.4 Å². The van der Waals surface area contributed by atoms with Crippen molar-refractivity contribution in [2.75, 3.05) is 27.7 Å². The van der Waals surface area contributed by atoms with Gasteiger partial charge in [0.1, 0.15) is 5.70 Å². The van der Waals surface area contributed by atoms with Gasteiger partial charge in [0.15, 0.2) is 0 Å². The Morgan fingerprint density at radius 1 is 1.06 bits per heavy atom. The van der Waals surface area contributed by atoms with Crippen molar-refractivity contribution in [3.05, 3.63) is 23.5 Å². The fraction of sp³-hybridized carbons (Fsp3) is 0.500. The number of hydrogen-bond acceptors (Lipinski definition) is 3. The zero-order valence-electron chi connectivity index (χ0n) is 10.4. The Morgan fingerprint density at radius 2 is 1.76 bits per heavy atom. The smallest absolute Gasteiger partial charge is 0.331 e. The Kier molecular flexibility index (Phi) is 2.92. The molecule has 5 nitrogen and oxygen atoms in total. The summed E-state index contributed by atoms with van der Waals surface area (Å²) < 4.78 is 0. The minimum Gasteiger partial charge on any atom is -0.378 e. The number of carbonyl (C=O) groups excluding carboxylic acids is 2. The first-order valence-electron chi connectivity index (χ1n) is 5.70. The SMILES string of the molecule is CN1C(=O)/C(=C\C=C2/CCCN2C)N(C)C1=O. The third-order valence-electron chi connectivity index (χ3n) is 3.31. The van der Waals surface area contributed by atoms with E-state index in [1.165, 1.54) is 17.6 Å². The zero-order chi connectivity index (χ0) is 12.6. The highest BCUT2D eigenvalue weighted by atomic mass is 16.2. The van der Waals surface area contributed by atoms with E-state index in [1.54, 1.807) is 13.1 Å². The molecular formula is C12H17N3O2. The van der Waals surface area contributed by atoms with E-state index in [1.807, 2.05) is 13.1 Å². The number of carbonyl (C=O) groups is 2. The molecule has 3 amide bonds. The van der Waals surface area contributed by atoms with E-state index < -0.39 is 0 Å². The van der Waals surface area contributed by atoms with E-state index in [4.69, 9.17) is 0 Å². The average molecular weight is 235 g/mol. The van der Waals surface area contributed by atoms with E-state index in [0.29, 0.717) is 5.70 Å². The summed E-state index contributed by atoms with van der Waals surface area (Å²) in [5.74, 6) is -0.241. The van der Waals surface area contributed by atoms with Crippen LogP contribution in [0.25, 0.3) is 0 Å². The number of rotatable bonds is 1. The molecule has 2 aliphatic rings. The van der Waals surface area contributed by atoms with E-state index in [-0.39, 0.29) is 11.9 Å². The molecule has 5 heteroatoms. The molecule has 2 rings (SSSR count). The van der Waals surface area contributed by atoms with Crippen LogP contribution in [0.4, 0.5) is 4.79 Å². The Hall–Kier alpha value is -1.78. The molecule has 92 valence electrons. The second kappa shape index (κ2) is 4.24. The van der Waals surface area contributed by atoms with Crippen LogP contribution in [0.5, 0.6) is 0 Å². The van der Waals surface area contributed by atoms with Crippen molar-refractivity contribution in [1.82, 2.24) is 14.7 Å². The van der Waals surface area contributed by atoms with E-state index >= 15 is 0 Å². The third kappa shape index (κ3) is 1.92. The predicted molar refractivity (Wildman–Crippen MR) is 64.0 cm³/mol. The number of likely N-dealkylation sites (N-methyl/N-ethyl adjacent to an activating group) is 2. The number of likely N-dealkylation sites (tertiary alicyclic amines) is 1. The average Bonchev–Trinajstić information content (AvgIpc) is 2.78. The number of imide groups is 1. The van der Waals surface area contributed by atoms with E-state index in [9.17, 15) is 9.59 Å². The van der Waals surface area contributed by atoms with Gasteiger partial charge in [-0.15, -0.1) is 0 Å². The summed E-state index contributed by atoms with van der Waals surface area (Å²) in [5, 5.41) is 0. The maximum atomic E-state index is 11.8. The van der Waals surface area contributed by atoms with Crippen molar-refractivity contribution >= 4 is 11.9 Å². The van der Waals surface area contributed by atoms with Crippen LogP contribution in [0.1, 0.15) is 12.8 Å². The van der Waals surface area contributed by atoms with Gasteiger partial charge >= 0.3 is 6.03 Å². The van der Waals surface area contributed by atoms with Gasteiger partial charge < -0.3 is 4.90 Å². The van der Waals surface area contributed by atoms with Crippen LogP contribution in [0.2, 0.25) is 0 Å². The molecule has 0 N–H and O–H groups in total. The molecule has 0 saturated carbocycles. The van der Waals surface area contributed by atoms with Gasteiger partial charge in [-0.25, -0.2) is 4.79 Å². The van der Waals surface area contributed by atoms with Crippen molar-refractivity contribution < 1.29 is 9.59 Å². The summed E-state index contributed by atoms with van der Waals surface area (Å²) in [6.07, 6.45) is 5.85. The molecule has 0 atom stereocenters. The van der Waals surface area contributed by atoms with Crippen molar-refractivity contribution in [1.29, 1.82) is 0 Å². The first-order valence-corrected chi connectivity index (χ1v) is 5.70. The quantitative estimate of drug-likeness (QED) is 0.503. The third-order valence-corrected chi connectivity index (χ3v) is 3.31. The topological polar surface area (TPSA) is 43.9 Å². The second-order valence-corrected chi connectivity index (χ2v) is 4.44. The molecule has 2 heterocycles. The van der Waals surface area contributed by atoms with Gasteiger partial charge in [0.25, 0.3) is 5.91 Å². The fourth-order valence-electron chi connectivity index (χ4n) is 2.13. The molecule has 0 aliphatic carbocycles. The molecule has 2 fully saturated rings. The Balaban J connectivity index is 2.23. The minimum absolute atomic E-state index is 0.241. The van der Waals surface area contributed by atoms with E-state index in [2.05, 4.69) is 4.90 Å². The lowest BCUT2D eigenvalue weighted by atomic mass is 10.2. The summed E-state index contributed by atoms with van der Waals surface area (Å²) >= 11 is 0. The molecule has 17 heavy (non-hydrogen) atoms. The van der Waals surface area contributed by atoms with Crippen LogP contribution in [0, 0.1) is 0 Å². The van der Waals surface area contributed by atoms with Crippen LogP contribution in [0.15, 0.2) is 23.5 Å². The van der Waals surface area contributed by atoms with Crippen LogP contribution < -0.4 is 0 Å². The van der Waals surface area contributed by atoms with Crippen LogP contribution in [0.3, 0.4) is 0 Å². The standard InChI is InChI=1S/C12H17N3O2/c1-13-8-4-5-9(13)6-7-10-11(16)15(3)12(17)14(10)2/h6-7H,4-5,8H2,1-3H3/b9-6+,10-7+. The molecular weight excluding hydrogens is 218 g/mol. The molecule has 0 aromatic rings. The highest BCUT2D eigenvalue weighted by molar-refractivity contribution is 6.11. The maximum absolute atomic E-state index is 11.8. The van der Waals surface area contributed by atoms with Crippen molar-refractivity contribution in [3.8, 4) is 0 Å². The van der Waals surface area contributed by atoms with Gasteiger partial charge in [0.2, 0.25) is 0 Å². The van der Waals surface area contributed by atoms with Gasteiger partial charge in [-0.05, 0) is 25.0 Å². The first kappa shape index (κ1) is 11.7. The highest BCUT2D eigenvalue weighted by Gasteiger charge is 2.35. The minimum atomic E-state index is -0.278. The lowest BCUT2D eigenvalue weighted by Crippen LogP contribution is -2.27. The number of hydrogen-bond donors (Lipinski definition) is 0. The Bertz CT molecular complexity index is 425. The lowest BCUT2D eigenvalue weighted by molar-refractivity contribution is -0.122. The van der Waals surface area contributed by atoms with E-state index in [0.717, 1.165) is 24.3 Å². The van der Waals surface area contributed by atoms with Gasteiger partial charge in [0.05, 0.1) is 0 Å². The van der Waals surface area contributed by atoms with Gasteiger partial charge in [-0.3, -0.25) is 14.6 Å². The number of amides is 3. The van der Waals surface area contributed by atoms with Crippen LogP contribution in [-0.2, 0) is 4.79 Å². The molecule has 2 aliphatic heterocycles. The maximum Gasteiger partial charge on any atom is 0.331 e. The Morgan fingerprint density at radius 3 is 2.24 bits per heavy atom. The van der Waals surface area contributed by atoms with Crippen molar-refractivity contribution in [2.24, 2.45) is 0 Å². The molecule has 2 saturated heterocycles. The zero-order valence-corrected chi connectivity index (χ0v) is 10.4. The van der Waals surface area contributed by atoms with Gasteiger partial charge in [-0.2, -0.15) is 0 Å². The predicted octanol–water partition coefficient (Wildman–Crippen LogP) is 1.00. The second-order valence-electron chi connectivity index (χ2n) is 4.44. The summed E-state index contributed by atoms with van der Waals surface area (Å²) in [4.78, 5) is 28.0.